The number of ether oxygens (including phenoxy) is 2. The monoisotopic (exact) mass is 277 g/mol. The lowest BCUT2D eigenvalue weighted by molar-refractivity contribution is -0.119. The van der Waals surface area contributed by atoms with Gasteiger partial charge in [0.1, 0.15) is 0 Å². The first-order valence-corrected chi connectivity index (χ1v) is 5.55. The molecule has 0 aliphatic carbocycles. The second-order valence-corrected chi connectivity index (χ2v) is 3.87. The van der Waals surface area contributed by atoms with Crippen molar-refractivity contribution in [1.82, 2.24) is 0 Å². The number of carboxylic acids is 1. The van der Waals surface area contributed by atoms with E-state index in [1.807, 2.05) is 0 Å². The van der Waals surface area contributed by atoms with Crippen molar-refractivity contribution in [1.29, 1.82) is 0 Å². The van der Waals surface area contributed by atoms with E-state index in [-0.39, 0.29) is 22.7 Å². The Hall–Kier alpha value is -2.83. The minimum absolute atomic E-state index is 0.0600. The second-order valence-electron chi connectivity index (χ2n) is 3.87. The van der Waals surface area contributed by atoms with Crippen LogP contribution in [0.4, 0.5) is 5.69 Å². The van der Waals surface area contributed by atoms with Gasteiger partial charge in [-0.05, 0) is 0 Å². The fourth-order valence-corrected chi connectivity index (χ4v) is 1.86. The van der Waals surface area contributed by atoms with E-state index < -0.39 is 17.8 Å². The molecule has 7 nitrogen and oxygen atoms in total. The van der Waals surface area contributed by atoms with E-state index in [4.69, 9.17) is 9.47 Å². The van der Waals surface area contributed by atoms with Crippen molar-refractivity contribution in [2.24, 2.45) is 0 Å². The highest BCUT2D eigenvalue weighted by Crippen LogP contribution is 2.36. The summed E-state index contributed by atoms with van der Waals surface area (Å²) in [7, 11) is 2.73. The van der Waals surface area contributed by atoms with Crippen molar-refractivity contribution in [2.75, 3.05) is 19.1 Å². The maximum absolute atomic E-state index is 11.7. The summed E-state index contributed by atoms with van der Waals surface area (Å²) in [5.41, 5.74) is -0.289. The van der Waals surface area contributed by atoms with E-state index in [1.165, 1.54) is 26.4 Å². The predicted octanol–water partition coefficient (Wildman–Crippen LogP) is 0.831. The van der Waals surface area contributed by atoms with Crippen molar-refractivity contribution in [3.63, 3.8) is 0 Å². The third kappa shape index (κ3) is 2.09. The highest BCUT2D eigenvalue weighted by atomic mass is 16.5. The van der Waals surface area contributed by atoms with E-state index in [1.54, 1.807) is 0 Å². The zero-order valence-electron chi connectivity index (χ0n) is 10.7. The van der Waals surface area contributed by atoms with Gasteiger partial charge in [0.05, 0.1) is 25.5 Å². The molecule has 0 bridgehead atoms. The van der Waals surface area contributed by atoms with E-state index in [9.17, 15) is 19.5 Å². The van der Waals surface area contributed by atoms with Crippen LogP contribution in [0, 0.1) is 0 Å². The summed E-state index contributed by atoms with van der Waals surface area (Å²) in [5, 5.41) is 9.22. The lowest BCUT2D eigenvalue weighted by Gasteiger charge is -2.18. The largest absolute Gasteiger partial charge is 0.493 e. The molecular weight excluding hydrogens is 266 g/mol. The molecule has 104 valence electrons. The quantitative estimate of drug-likeness (QED) is 0.819. The topological polar surface area (TPSA) is 93.1 Å². The van der Waals surface area contributed by atoms with Gasteiger partial charge in [0.25, 0.3) is 11.8 Å². The van der Waals surface area contributed by atoms with Crippen molar-refractivity contribution in [3.05, 3.63) is 29.8 Å². The first-order chi connectivity index (χ1) is 9.49. The zero-order chi connectivity index (χ0) is 14.9. The van der Waals surface area contributed by atoms with E-state index in [0.29, 0.717) is 0 Å². The molecule has 1 aromatic rings. The SMILES string of the molecule is COc1cc(C(=O)O)c(N2C(=O)C=CC2=O)cc1OC. The van der Waals surface area contributed by atoms with Crippen LogP contribution in [0.2, 0.25) is 0 Å². The summed E-state index contributed by atoms with van der Waals surface area (Å²) in [4.78, 5) is 35.4. The Balaban J connectivity index is 2.64. The normalized spacial score (nSPS) is 13.8. The summed E-state index contributed by atoms with van der Waals surface area (Å²) in [5.74, 6) is -2.08. The summed E-state index contributed by atoms with van der Waals surface area (Å²) in [6.07, 6.45) is 2.15. The Morgan fingerprint density at radius 2 is 1.55 bits per heavy atom. The number of hydrogen-bond donors (Lipinski definition) is 1. The van der Waals surface area contributed by atoms with Gasteiger partial charge in [-0.15, -0.1) is 0 Å². The molecule has 20 heavy (non-hydrogen) atoms. The second kappa shape index (κ2) is 5.04. The molecule has 0 radical (unpaired) electrons. The molecule has 0 atom stereocenters. The number of aromatic carboxylic acids is 1. The van der Waals surface area contributed by atoms with Crippen molar-refractivity contribution in [2.45, 2.75) is 0 Å². The highest BCUT2D eigenvalue weighted by Gasteiger charge is 2.30. The molecule has 1 aliphatic rings. The lowest BCUT2D eigenvalue weighted by Crippen LogP contribution is -2.31. The first kappa shape index (κ1) is 13.6. The Morgan fingerprint density at radius 1 is 1.05 bits per heavy atom. The highest BCUT2D eigenvalue weighted by molar-refractivity contribution is 6.29. The molecule has 0 fully saturated rings. The Kier molecular flexibility index (Phi) is 3.43. The minimum Gasteiger partial charge on any atom is -0.493 e. The minimum atomic E-state index is -1.28. The van der Waals surface area contributed by atoms with Crippen LogP contribution in [0.15, 0.2) is 24.3 Å². The number of carbonyl (C=O) groups excluding carboxylic acids is 2. The fourth-order valence-electron chi connectivity index (χ4n) is 1.86. The molecule has 1 aromatic carbocycles. The van der Waals surface area contributed by atoms with Gasteiger partial charge in [-0.1, -0.05) is 0 Å². The number of nitrogens with zero attached hydrogens (tertiary/aromatic N) is 1. The number of anilines is 1. The molecule has 1 aliphatic heterocycles. The zero-order valence-corrected chi connectivity index (χ0v) is 10.7. The summed E-state index contributed by atoms with van der Waals surface area (Å²) in [6, 6.07) is 2.49. The molecule has 0 saturated carbocycles. The summed E-state index contributed by atoms with van der Waals surface area (Å²) in [6.45, 7) is 0. The van der Waals surface area contributed by atoms with Gasteiger partial charge in [0.15, 0.2) is 11.5 Å². The Bertz CT molecular complexity index is 616. The van der Waals surface area contributed by atoms with Gasteiger partial charge in [-0.25, -0.2) is 9.69 Å². The van der Waals surface area contributed by atoms with Gasteiger partial charge in [0.2, 0.25) is 0 Å². The molecule has 2 amide bonds. The maximum atomic E-state index is 11.7. The predicted molar refractivity (Wildman–Crippen MR) is 68.1 cm³/mol. The van der Waals surface area contributed by atoms with Gasteiger partial charge >= 0.3 is 5.97 Å². The number of imide groups is 1. The molecule has 7 heteroatoms. The van der Waals surface area contributed by atoms with Crippen molar-refractivity contribution < 1.29 is 29.0 Å². The average Bonchev–Trinajstić information content (AvgIpc) is 2.76. The number of methoxy groups -OCH3 is 2. The average molecular weight is 277 g/mol. The van der Waals surface area contributed by atoms with Crippen LogP contribution in [0.1, 0.15) is 10.4 Å². The smallest absolute Gasteiger partial charge is 0.337 e. The van der Waals surface area contributed by atoms with Gasteiger partial charge in [-0.2, -0.15) is 0 Å². The van der Waals surface area contributed by atoms with Crippen LogP contribution >= 0.6 is 0 Å². The molecular formula is C13H11NO6. The number of carboxylic acid groups (broad SMARTS) is 1. The molecule has 0 aromatic heterocycles. The first-order valence-electron chi connectivity index (χ1n) is 5.55. The lowest BCUT2D eigenvalue weighted by atomic mass is 10.1. The van der Waals surface area contributed by atoms with Gasteiger partial charge in [-0.3, -0.25) is 9.59 Å². The van der Waals surface area contributed by atoms with E-state index >= 15 is 0 Å². The maximum Gasteiger partial charge on any atom is 0.337 e. The van der Waals surface area contributed by atoms with Crippen molar-refractivity contribution in [3.8, 4) is 11.5 Å². The summed E-state index contributed by atoms with van der Waals surface area (Å²) < 4.78 is 10.1. The molecule has 0 unspecified atom stereocenters. The van der Waals surface area contributed by atoms with Crippen LogP contribution in [0.5, 0.6) is 11.5 Å². The van der Waals surface area contributed by atoms with E-state index in [2.05, 4.69) is 0 Å². The number of hydrogen-bond acceptors (Lipinski definition) is 5. The van der Waals surface area contributed by atoms with Crippen molar-refractivity contribution >= 4 is 23.5 Å². The van der Waals surface area contributed by atoms with Crippen LogP contribution in [0.25, 0.3) is 0 Å². The molecule has 1 N–H and O–H groups in total. The number of carbonyl (C=O) groups is 3. The van der Waals surface area contributed by atoms with Crippen LogP contribution < -0.4 is 14.4 Å². The van der Waals surface area contributed by atoms with Gasteiger partial charge < -0.3 is 14.6 Å². The molecule has 1 heterocycles. The Labute approximate surface area is 114 Å². The number of rotatable bonds is 4. The third-order valence-corrected chi connectivity index (χ3v) is 2.78. The van der Waals surface area contributed by atoms with Crippen LogP contribution in [-0.4, -0.2) is 37.1 Å². The van der Waals surface area contributed by atoms with Gasteiger partial charge in [0, 0.05) is 24.3 Å². The van der Waals surface area contributed by atoms with Crippen LogP contribution in [0.3, 0.4) is 0 Å². The molecule has 0 spiro atoms. The number of amides is 2. The number of benzene rings is 1. The van der Waals surface area contributed by atoms with E-state index in [0.717, 1.165) is 17.1 Å². The van der Waals surface area contributed by atoms with Crippen LogP contribution in [-0.2, 0) is 9.59 Å². The molecule has 0 saturated heterocycles. The fraction of sp³-hybridized carbons (Fsp3) is 0.154. The standard InChI is InChI=1S/C13H11NO6/c1-19-9-5-7(13(17)18)8(6-10(9)20-2)14-11(15)3-4-12(14)16/h3-6H,1-2H3,(H,17,18). The molecule has 2 rings (SSSR count). The summed E-state index contributed by atoms with van der Waals surface area (Å²) >= 11 is 0. The third-order valence-electron chi connectivity index (χ3n) is 2.78. The Morgan fingerprint density at radius 3 is 2.00 bits per heavy atom.